The van der Waals surface area contributed by atoms with Gasteiger partial charge in [0.15, 0.2) is 6.61 Å². The molecule has 2 aromatic rings. The number of urea groups is 1. The largest absolute Gasteiger partial charge is 0.452 e. The molecule has 1 aromatic carbocycles. The molecular formula is C16H13F3N4O4. The van der Waals surface area contributed by atoms with Gasteiger partial charge in [0.2, 0.25) is 0 Å². The third kappa shape index (κ3) is 5.70. The Morgan fingerprint density at radius 2 is 1.89 bits per heavy atom. The molecule has 4 N–H and O–H groups in total. The lowest BCUT2D eigenvalue weighted by Crippen LogP contribution is -2.37. The highest BCUT2D eigenvalue weighted by Gasteiger charge is 2.30. The van der Waals surface area contributed by atoms with E-state index < -0.39 is 36.3 Å². The second kappa shape index (κ2) is 8.17. The molecule has 0 saturated carbocycles. The summed E-state index contributed by atoms with van der Waals surface area (Å²) in [6, 6.07) is 5.90. The first-order chi connectivity index (χ1) is 12.7. The number of amides is 3. The van der Waals surface area contributed by atoms with Gasteiger partial charge in [0.05, 0.1) is 5.56 Å². The van der Waals surface area contributed by atoms with Crippen molar-refractivity contribution in [1.29, 1.82) is 0 Å². The normalized spacial score (nSPS) is 10.8. The molecule has 0 fully saturated rings. The van der Waals surface area contributed by atoms with Gasteiger partial charge in [0.1, 0.15) is 11.4 Å². The zero-order chi connectivity index (χ0) is 20.0. The van der Waals surface area contributed by atoms with Crippen molar-refractivity contribution in [3.05, 3.63) is 53.7 Å². The number of nitrogens with one attached hydrogen (secondary N) is 2. The number of aromatic nitrogens is 1. The molecule has 8 nitrogen and oxygen atoms in total. The topological polar surface area (TPSA) is 123 Å². The highest BCUT2D eigenvalue weighted by atomic mass is 19.4. The maximum absolute atomic E-state index is 12.8. The Kier molecular flexibility index (Phi) is 5.96. The lowest BCUT2D eigenvalue weighted by Gasteiger charge is -2.12. The standard InChI is InChI=1S/C16H13F3N4O4/c17-16(18,19)9-3-1-4-10(7-9)22-13-11(5-2-6-21-13)14(25)27-8-12(24)23-15(20)26/h1-7H,8H2,(H,21,22)(H3,20,23,24,26). The van der Waals surface area contributed by atoms with Crippen LogP contribution in [0, 0.1) is 0 Å². The van der Waals surface area contributed by atoms with Crippen LogP contribution < -0.4 is 16.4 Å². The highest BCUT2D eigenvalue weighted by Crippen LogP contribution is 2.31. The minimum Gasteiger partial charge on any atom is -0.452 e. The molecule has 0 radical (unpaired) electrons. The second-order valence-electron chi connectivity index (χ2n) is 5.09. The van der Waals surface area contributed by atoms with Crippen LogP contribution in [-0.4, -0.2) is 29.5 Å². The average molecular weight is 382 g/mol. The van der Waals surface area contributed by atoms with Crippen LogP contribution in [0.4, 0.5) is 29.5 Å². The van der Waals surface area contributed by atoms with E-state index in [2.05, 4.69) is 10.3 Å². The number of esters is 1. The van der Waals surface area contributed by atoms with Gasteiger partial charge in [-0.15, -0.1) is 0 Å². The lowest BCUT2D eigenvalue weighted by molar-refractivity contribution is -0.137. The fourth-order valence-corrected chi connectivity index (χ4v) is 1.96. The smallest absolute Gasteiger partial charge is 0.416 e. The molecule has 0 saturated heterocycles. The number of alkyl halides is 3. The van der Waals surface area contributed by atoms with Crippen molar-refractivity contribution < 1.29 is 32.3 Å². The Morgan fingerprint density at radius 1 is 1.15 bits per heavy atom. The fourth-order valence-electron chi connectivity index (χ4n) is 1.96. The number of pyridine rings is 1. The maximum Gasteiger partial charge on any atom is 0.416 e. The molecule has 142 valence electrons. The van der Waals surface area contributed by atoms with Crippen LogP contribution >= 0.6 is 0 Å². The SMILES string of the molecule is NC(=O)NC(=O)COC(=O)c1cccnc1Nc1cccc(C(F)(F)F)c1. The van der Waals surface area contributed by atoms with Crippen LogP contribution in [0.5, 0.6) is 0 Å². The summed E-state index contributed by atoms with van der Waals surface area (Å²) in [6.07, 6.45) is -3.22. The van der Waals surface area contributed by atoms with E-state index in [9.17, 15) is 27.6 Å². The van der Waals surface area contributed by atoms with E-state index in [4.69, 9.17) is 10.5 Å². The number of nitrogens with two attached hydrogens (primary N) is 1. The van der Waals surface area contributed by atoms with Gasteiger partial charge in [-0.05, 0) is 30.3 Å². The molecule has 0 aliphatic rings. The van der Waals surface area contributed by atoms with Crippen LogP contribution in [0.25, 0.3) is 0 Å². The molecule has 27 heavy (non-hydrogen) atoms. The monoisotopic (exact) mass is 382 g/mol. The van der Waals surface area contributed by atoms with Crippen LogP contribution in [0.15, 0.2) is 42.6 Å². The van der Waals surface area contributed by atoms with E-state index in [0.717, 1.165) is 12.1 Å². The Bertz CT molecular complexity index is 871. The summed E-state index contributed by atoms with van der Waals surface area (Å²) in [7, 11) is 0. The molecule has 0 bridgehead atoms. The molecule has 0 aliphatic heterocycles. The number of ether oxygens (including phenoxy) is 1. The van der Waals surface area contributed by atoms with E-state index in [-0.39, 0.29) is 17.1 Å². The first kappa shape index (κ1) is 19.7. The molecule has 0 unspecified atom stereocenters. The van der Waals surface area contributed by atoms with Crippen LogP contribution in [-0.2, 0) is 15.7 Å². The van der Waals surface area contributed by atoms with Gasteiger partial charge >= 0.3 is 18.2 Å². The zero-order valence-corrected chi connectivity index (χ0v) is 13.5. The van der Waals surface area contributed by atoms with E-state index in [1.165, 1.54) is 30.5 Å². The number of benzene rings is 1. The molecular weight excluding hydrogens is 369 g/mol. The van der Waals surface area contributed by atoms with Gasteiger partial charge in [-0.1, -0.05) is 6.07 Å². The van der Waals surface area contributed by atoms with Gasteiger partial charge in [-0.3, -0.25) is 10.1 Å². The fraction of sp³-hybridized carbons (Fsp3) is 0.125. The van der Waals surface area contributed by atoms with Crippen LogP contribution in [0.3, 0.4) is 0 Å². The number of anilines is 2. The second-order valence-corrected chi connectivity index (χ2v) is 5.09. The first-order valence-electron chi connectivity index (χ1n) is 7.32. The van der Waals surface area contributed by atoms with Crippen LogP contribution in [0.1, 0.15) is 15.9 Å². The van der Waals surface area contributed by atoms with Crippen molar-refractivity contribution >= 4 is 29.4 Å². The maximum atomic E-state index is 12.8. The summed E-state index contributed by atoms with van der Waals surface area (Å²) in [4.78, 5) is 37.8. The molecule has 0 spiro atoms. The van der Waals surface area contributed by atoms with E-state index in [1.54, 1.807) is 5.32 Å². The summed E-state index contributed by atoms with van der Waals surface area (Å²) in [5, 5.41) is 4.31. The molecule has 1 aromatic heterocycles. The zero-order valence-electron chi connectivity index (χ0n) is 13.5. The highest BCUT2D eigenvalue weighted by molar-refractivity contribution is 5.98. The van der Waals surface area contributed by atoms with E-state index in [0.29, 0.717) is 0 Å². The summed E-state index contributed by atoms with van der Waals surface area (Å²) < 4.78 is 43.1. The molecule has 1 heterocycles. The number of halogens is 3. The summed E-state index contributed by atoms with van der Waals surface area (Å²) in [6.45, 7) is -0.778. The third-order valence-electron chi connectivity index (χ3n) is 3.08. The number of nitrogens with zero attached hydrogens (tertiary/aromatic N) is 1. The van der Waals surface area contributed by atoms with Gasteiger partial charge in [0.25, 0.3) is 5.91 Å². The van der Waals surface area contributed by atoms with Gasteiger partial charge < -0.3 is 15.8 Å². The van der Waals surface area contributed by atoms with Gasteiger partial charge in [-0.25, -0.2) is 14.6 Å². The number of rotatable bonds is 5. The quantitative estimate of drug-likeness (QED) is 0.681. The number of imide groups is 1. The molecule has 3 amide bonds. The third-order valence-corrected chi connectivity index (χ3v) is 3.08. The summed E-state index contributed by atoms with van der Waals surface area (Å²) >= 11 is 0. The van der Waals surface area contributed by atoms with Crippen molar-refractivity contribution in [3.8, 4) is 0 Å². The van der Waals surface area contributed by atoms with Gasteiger partial charge in [-0.2, -0.15) is 13.2 Å². The van der Waals surface area contributed by atoms with Crippen molar-refractivity contribution in [1.82, 2.24) is 10.3 Å². The Labute approximate surface area is 150 Å². The number of primary amides is 1. The Hall–Kier alpha value is -3.63. The number of carbonyl (C=O) groups excluding carboxylic acids is 3. The average Bonchev–Trinajstić information content (AvgIpc) is 2.59. The molecule has 0 aliphatic carbocycles. The number of hydrogen-bond acceptors (Lipinski definition) is 6. The van der Waals surface area contributed by atoms with Crippen molar-refractivity contribution in [2.45, 2.75) is 6.18 Å². The minimum absolute atomic E-state index is 0.0454. The number of carbonyl (C=O) groups is 3. The first-order valence-corrected chi connectivity index (χ1v) is 7.32. The van der Waals surface area contributed by atoms with Crippen molar-refractivity contribution in [2.75, 3.05) is 11.9 Å². The molecule has 0 atom stereocenters. The van der Waals surface area contributed by atoms with Crippen molar-refractivity contribution in [2.24, 2.45) is 5.73 Å². The predicted molar refractivity (Wildman–Crippen MR) is 87.0 cm³/mol. The van der Waals surface area contributed by atoms with Crippen molar-refractivity contribution in [3.63, 3.8) is 0 Å². The Balaban J connectivity index is 2.15. The van der Waals surface area contributed by atoms with E-state index in [1.807, 2.05) is 0 Å². The van der Waals surface area contributed by atoms with E-state index >= 15 is 0 Å². The predicted octanol–water partition coefficient (Wildman–Crippen LogP) is 2.20. The molecule has 11 heteroatoms. The number of hydrogen-bond donors (Lipinski definition) is 3. The summed E-state index contributed by atoms with van der Waals surface area (Å²) in [5.41, 5.74) is 3.80. The minimum atomic E-state index is -4.53. The van der Waals surface area contributed by atoms with Crippen LogP contribution in [0.2, 0.25) is 0 Å². The Morgan fingerprint density at radius 3 is 2.56 bits per heavy atom. The lowest BCUT2D eigenvalue weighted by atomic mass is 10.2. The summed E-state index contributed by atoms with van der Waals surface area (Å²) in [5.74, 6) is -1.98. The van der Waals surface area contributed by atoms with Gasteiger partial charge in [0, 0.05) is 11.9 Å². The molecule has 2 rings (SSSR count).